The van der Waals surface area contributed by atoms with E-state index < -0.39 is 0 Å². The van der Waals surface area contributed by atoms with Crippen LogP contribution in [0.5, 0.6) is 0 Å². The second kappa shape index (κ2) is 5.98. The van der Waals surface area contributed by atoms with Crippen molar-refractivity contribution < 1.29 is 4.74 Å². The summed E-state index contributed by atoms with van der Waals surface area (Å²) >= 11 is 1.38. The van der Waals surface area contributed by atoms with E-state index >= 15 is 0 Å². The van der Waals surface area contributed by atoms with Gasteiger partial charge in [-0.2, -0.15) is 4.98 Å². The number of nitrogens with zero attached hydrogens (tertiary/aromatic N) is 4. The van der Waals surface area contributed by atoms with Gasteiger partial charge in [0.2, 0.25) is 0 Å². The van der Waals surface area contributed by atoms with Crippen LogP contribution in [0.2, 0.25) is 0 Å². The van der Waals surface area contributed by atoms with Crippen LogP contribution in [0.4, 0.5) is 10.8 Å². The van der Waals surface area contributed by atoms with Gasteiger partial charge in [0.25, 0.3) is 5.56 Å². The molecule has 0 aliphatic carbocycles. The average molecular weight is 329 g/mol. The van der Waals surface area contributed by atoms with Crippen molar-refractivity contribution >= 4 is 32.5 Å². The van der Waals surface area contributed by atoms with Gasteiger partial charge in [-0.1, -0.05) is 29.5 Å². The maximum atomic E-state index is 12.6. The molecule has 0 unspecified atom stereocenters. The molecule has 0 amide bonds. The van der Waals surface area contributed by atoms with Crippen molar-refractivity contribution in [3.8, 4) is 0 Å². The van der Waals surface area contributed by atoms with E-state index in [0.29, 0.717) is 23.6 Å². The van der Waals surface area contributed by atoms with Crippen molar-refractivity contribution in [3.63, 3.8) is 0 Å². The quantitative estimate of drug-likeness (QED) is 0.786. The molecule has 0 radical (unpaired) electrons. The Morgan fingerprint density at radius 2 is 1.96 bits per heavy atom. The molecule has 2 aromatic heterocycles. The van der Waals surface area contributed by atoms with Crippen LogP contribution in [0.15, 0.2) is 41.5 Å². The Hall–Kier alpha value is -2.45. The van der Waals surface area contributed by atoms with Crippen LogP contribution in [0.25, 0.3) is 10.3 Å². The van der Waals surface area contributed by atoms with E-state index in [9.17, 15) is 4.79 Å². The van der Waals surface area contributed by atoms with Crippen LogP contribution in [-0.2, 0) is 4.74 Å². The Kier molecular flexibility index (Phi) is 3.68. The number of morpholine rings is 1. The molecule has 3 heterocycles. The second-order valence-corrected chi connectivity index (χ2v) is 6.12. The minimum atomic E-state index is -0.143. The van der Waals surface area contributed by atoms with Gasteiger partial charge in [0.15, 0.2) is 10.8 Å². The molecule has 0 bridgehead atoms. The lowest BCUT2D eigenvalue weighted by molar-refractivity contribution is 0.122. The molecule has 118 valence electrons. The maximum absolute atomic E-state index is 12.6. The summed E-state index contributed by atoms with van der Waals surface area (Å²) in [6.45, 7) is 2.94. The summed E-state index contributed by atoms with van der Waals surface area (Å²) in [7, 11) is 0. The number of rotatable bonds is 3. The minimum Gasteiger partial charge on any atom is -0.378 e. The van der Waals surface area contributed by atoms with E-state index in [0.717, 1.165) is 23.9 Å². The first kappa shape index (κ1) is 14.2. The highest BCUT2D eigenvalue weighted by Gasteiger charge is 2.18. The summed E-state index contributed by atoms with van der Waals surface area (Å²) in [5, 5.41) is 0.824. The fourth-order valence-electron chi connectivity index (χ4n) is 2.42. The molecule has 1 aliphatic heterocycles. The van der Waals surface area contributed by atoms with Gasteiger partial charge in [-0.3, -0.25) is 10.2 Å². The number of thiazole rings is 1. The molecule has 0 spiro atoms. The minimum absolute atomic E-state index is 0.143. The Bertz CT molecular complexity index is 870. The Balaban J connectivity index is 1.69. The second-order valence-electron chi connectivity index (χ2n) is 5.15. The number of anilines is 2. The molecule has 0 atom stereocenters. The first-order valence-electron chi connectivity index (χ1n) is 7.34. The highest BCUT2D eigenvalue weighted by Crippen LogP contribution is 2.25. The summed E-state index contributed by atoms with van der Waals surface area (Å²) in [6, 6.07) is 9.52. The maximum Gasteiger partial charge on any atom is 0.291 e. The SMILES string of the molecule is O=c1c2sc(N3CCOCC3)nc2ncn1Nc1ccccc1. The molecule has 23 heavy (non-hydrogen) atoms. The lowest BCUT2D eigenvalue weighted by Gasteiger charge is -2.25. The highest BCUT2D eigenvalue weighted by molar-refractivity contribution is 7.22. The average Bonchev–Trinajstić information content (AvgIpc) is 3.04. The normalized spacial score (nSPS) is 15.0. The van der Waals surface area contributed by atoms with Gasteiger partial charge in [-0.15, -0.1) is 0 Å². The van der Waals surface area contributed by atoms with E-state index in [1.54, 1.807) is 0 Å². The third-order valence-electron chi connectivity index (χ3n) is 3.61. The fourth-order valence-corrected chi connectivity index (χ4v) is 3.43. The van der Waals surface area contributed by atoms with Gasteiger partial charge in [0.1, 0.15) is 11.0 Å². The van der Waals surface area contributed by atoms with Crippen LogP contribution >= 0.6 is 11.3 Å². The van der Waals surface area contributed by atoms with Gasteiger partial charge < -0.3 is 9.64 Å². The molecule has 7 nitrogen and oxygen atoms in total. The molecule has 1 aromatic carbocycles. The first-order chi connectivity index (χ1) is 11.3. The third-order valence-corrected chi connectivity index (χ3v) is 4.70. The van der Waals surface area contributed by atoms with Crippen molar-refractivity contribution in [1.29, 1.82) is 0 Å². The van der Waals surface area contributed by atoms with Crippen molar-refractivity contribution in [2.75, 3.05) is 36.6 Å². The fraction of sp³-hybridized carbons (Fsp3) is 0.267. The van der Waals surface area contributed by atoms with Gasteiger partial charge in [-0.05, 0) is 12.1 Å². The molecule has 1 N–H and O–H groups in total. The van der Waals surface area contributed by atoms with Crippen LogP contribution in [-0.4, -0.2) is 40.9 Å². The van der Waals surface area contributed by atoms with E-state index in [2.05, 4.69) is 20.3 Å². The van der Waals surface area contributed by atoms with Crippen LogP contribution in [0, 0.1) is 0 Å². The zero-order valence-corrected chi connectivity index (χ0v) is 13.1. The number of hydrogen-bond donors (Lipinski definition) is 1. The number of benzene rings is 1. The van der Waals surface area contributed by atoms with E-state index in [1.807, 2.05) is 30.3 Å². The van der Waals surface area contributed by atoms with Crippen molar-refractivity contribution in [3.05, 3.63) is 47.0 Å². The topological polar surface area (TPSA) is 72.3 Å². The molecule has 4 rings (SSSR count). The van der Waals surface area contributed by atoms with Gasteiger partial charge in [0.05, 0.1) is 18.9 Å². The smallest absolute Gasteiger partial charge is 0.291 e. The summed E-state index contributed by atoms with van der Waals surface area (Å²) in [4.78, 5) is 23.5. The number of ether oxygens (including phenoxy) is 1. The molecule has 0 saturated carbocycles. The number of fused-ring (bicyclic) bond motifs is 1. The summed E-state index contributed by atoms with van der Waals surface area (Å²) in [5.74, 6) is 0. The monoisotopic (exact) mass is 329 g/mol. The van der Waals surface area contributed by atoms with Gasteiger partial charge >= 0.3 is 0 Å². The largest absolute Gasteiger partial charge is 0.378 e. The summed E-state index contributed by atoms with van der Waals surface area (Å²) in [5.41, 5.74) is 4.22. The molecule has 3 aromatic rings. The van der Waals surface area contributed by atoms with E-state index in [4.69, 9.17) is 4.74 Å². The molecule has 1 fully saturated rings. The molecular weight excluding hydrogens is 314 g/mol. The van der Waals surface area contributed by atoms with Crippen molar-refractivity contribution in [2.24, 2.45) is 0 Å². The third kappa shape index (κ3) is 2.78. The van der Waals surface area contributed by atoms with Crippen LogP contribution in [0.1, 0.15) is 0 Å². The molecule has 1 aliphatic rings. The van der Waals surface area contributed by atoms with Crippen LogP contribution < -0.4 is 15.9 Å². The summed E-state index contributed by atoms with van der Waals surface area (Å²) in [6.07, 6.45) is 1.47. The van der Waals surface area contributed by atoms with Crippen LogP contribution in [0.3, 0.4) is 0 Å². The Morgan fingerprint density at radius 3 is 2.74 bits per heavy atom. The predicted octanol–water partition coefficient (Wildman–Crippen LogP) is 1.56. The van der Waals surface area contributed by atoms with E-state index in [-0.39, 0.29) is 5.56 Å². The Morgan fingerprint density at radius 1 is 1.17 bits per heavy atom. The summed E-state index contributed by atoms with van der Waals surface area (Å²) < 4.78 is 7.29. The Labute approximate surface area is 136 Å². The molecule has 1 saturated heterocycles. The molecular formula is C15H15N5O2S. The van der Waals surface area contributed by atoms with Gasteiger partial charge in [-0.25, -0.2) is 9.66 Å². The van der Waals surface area contributed by atoms with E-state index in [1.165, 1.54) is 22.3 Å². The first-order valence-corrected chi connectivity index (χ1v) is 8.16. The zero-order chi connectivity index (χ0) is 15.6. The number of para-hydroxylation sites is 1. The van der Waals surface area contributed by atoms with Crippen molar-refractivity contribution in [2.45, 2.75) is 0 Å². The standard InChI is InChI=1S/C15H15N5O2S/c21-14-12-13(17-15(23-12)19-6-8-22-9-7-19)16-10-20(14)18-11-4-2-1-3-5-11/h1-5,10,18H,6-9H2. The van der Waals surface area contributed by atoms with Gasteiger partial charge in [0, 0.05) is 13.1 Å². The lowest BCUT2D eigenvalue weighted by atomic mass is 10.3. The zero-order valence-electron chi connectivity index (χ0n) is 12.3. The number of nitrogens with one attached hydrogen (secondary N) is 1. The predicted molar refractivity (Wildman–Crippen MR) is 90.2 cm³/mol. The lowest BCUT2D eigenvalue weighted by Crippen LogP contribution is -2.36. The molecule has 8 heteroatoms. The highest BCUT2D eigenvalue weighted by atomic mass is 32.1. The number of hydrogen-bond acceptors (Lipinski definition) is 7. The van der Waals surface area contributed by atoms with Crippen molar-refractivity contribution in [1.82, 2.24) is 14.6 Å². The number of aromatic nitrogens is 3.